The van der Waals surface area contributed by atoms with Gasteiger partial charge in [0.1, 0.15) is 17.7 Å². The number of Topliss-reactive ketones (excluding diaryl/α,β-unsaturated/α-hetero) is 2. The first-order valence-corrected chi connectivity index (χ1v) is 16.1. The summed E-state index contributed by atoms with van der Waals surface area (Å²) in [5.41, 5.74) is 11.7. The lowest BCUT2D eigenvalue weighted by molar-refractivity contribution is -0.169. The third-order valence-electron chi connectivity index (χ3n) is 12.6. The molecule has 0 aromatic carbocycles. The summed E-state index contributed by atoms with van der Waals surface area (Å²) >= 11 is 0. The van der Waals surface area contributed by atoms with Gasteiger partial charge in [-0.1, -0.05) is 34.1 Å². The Morgan fingerprint density at radius 2 is 1.62 bits per heavy atom. The van der Waals surface area contributed by atoms with Crippen molar-refractivity contribution in [3.63, 3.8) is 0 Å². The number of ether oxygens (including phenoxy) is 1. The molecule has 4 fully saturated rings. The molecule has 0 radical (unpaired) electrons. The first kappa shape index (κ1) is 31.2. The molecule has 4 aliphatic carbocycles. The Hall–Kier alpha value is -1.76. The number of hydrogen-bond acceptors (Lipinski definition) is 6. The third-order valence-corrected chi connectivity index (χ3v) is 12.6. The summed E-state index contributed by atoms with van der Waals surface area (Å²) in [6.07, 6.45) is 10.9. The van der Waals surface area contributed by atoms with E-state index in [2.05, 4.69) is 13.8 Å². The molecule has 0 aliphatic heterocycles. The molecule has 1 amide bonds. The molecule has 11 atom stereocenters. The van der Waals surface area contributed by atoms with Crippen molar-refractivity contribution in [2.75, 3.05) is 0 Å². The highest BCUT2D eigenvalue weighted by Crippen LogP contribution is 2.67. The zero-order chi connectivity index (χ0) is 29.4. The summed E-state index contributed by atoms with van der Waals surface area (Å²) in [4.78, 5) is 49.8. The second-order valence-corrected chi connectivity index (χ2v) is 14.5. The average molecular weight is 559 g/mol. The quantitative estimate of drug-likeness (QED) is 0.328. The highest BCUT2D eigenvalue weighted by molar-refractivity contribution is 5.88. The second kappa shape index (κ2) is 12.2. The van der Waals surface area contributed by atoms with Gasteiger partial charge in [0, 0.05) is 18.8 Å². The smallest absolute Gasteiger partial charge is 0.309 e. The van der Waals surface area contributed by atoms with Crippen LogP contribution in [0.3, 0.4) is 0 Å². The van der Waals surface area contributed by atoms with Gasteiger partial charge in [0.05, 0.1) is 12.0 Å². The van der Waals surface area contributed by atoms with Crippen molar-refractivity contribution in [3.05, 3.63) is 0 Å². The molecule has 4 saturated carbocycles. The van der Waals surface area contributed by atoms with Crippen LogP contribution in [0.4, 0.5) is 0 Å². The SMILES string of the molecule is CCC(C)[C@H](CC(=O)[C@@H](N)CCC(N)=O)C(=O)O[C@@H]1CC[C@@]2(C)[C@@H](CC[C@@H]3[C@@H]2CC[C@]2(C)[C@@H](C(C)=O)CC[C@@H]32)C1. The van der Waals surface area contributed by atoms with E-state index < -0.39 is 17.9 Å². The molecule has 0 aromatic rings. The average Bonchev–Trinajstić information content (AvgIpc) is 3.27. The molecule has 40 heavy (non-hydrogen) atoms. The van der Waals surface area contributed by atoms with Gasteiger partial charge in [-0.3, -0.25) is 19.2 Å². The van der Waals surface area contributed by atoms with Crippen LogP contribution in [-0.2, 0) is 23.9 Å². The Kier molecular flexibility index (Phi) is 9.53. The highest BCUT2D eigenvalue weighted by Gasteiger charge is 2.61. The summed E-state index contributed by atoms with van der Waals surface area (Å²) in [6, 6.07) is -0.791. The molecule has 0 spiro atoms. The van der Waals surface area contributed by atoms with Crippen LogP contribution in [-0.4, -0.2) is 35.6 Å². The predicted octanol–water partition coefficient (Wildman–Crippen LogP) is 5.36. The van der Waals surface area contributed by atoms with Crippen LogP contribution in [0.5, 0.6) is 0 Å². The van der Waals surface area contributed by atoms with Gasteiger partial charge in [0.15, 0.2) is 0 Å². The van der Waals surface area contributed by atoms with Crippen molar-refractivity contribution < 1.29 is 23.9 Å². The van der Waals surface area contributed by atoms with Crippen molar-refractivity contribution in [2.45, 2.75) is 130 Å². The van der Waals surface area contributed by atoms with E-state index in [9.17, 15) is 19.2 Å². The maximum Gasteiger partial charge on any atom is 0.309 e. The fourth-order valence-electron chi connectivity index (χ4n) is 9.87. The van der Waals surface area contributed by atoms with Gasteiger partial charge < -0.3 is 16.2 Å². The zero-order valence-corrected chi connectivity index (χ0v) is 25.6. The van der Waals surface area contributed by atoms with E-state index in [1.54, 1.807) is 6.92 Å². The largest absolute Gasteiger partial charge is 0.462 e. The fraction of sp³-hybridized carbons (Fsp3) is 0.879. The third kappa shape index (κ3) is 5.91. The van der Waals surface area contributed by atoms with Gasteiger partial charge in [-0.25, -0.2) is 0 Å². The zero-order valence-electron chi connectivity index (χ0n) is 25.6. The lowest BCUT2D eigenvalue weighted by Gasteiger charge is -2.61. The summed E-state index contributed by atoms with van der Waals surface area (Å²) in [5, 5.41) is 0. The first-order valence-electron chi connectivity index (χ1n) is 16.1. The van der Waals surface area contributed by atoms with E-state index in [0.29, 0.717) is 29.5 Å². The van der Waals surface area contributed by atoms with Crippen LogP contribution in [0.1, 0.15) is 118 Å². The molecule has 0 bridgehead atoms. The van der Waals surface area contributed by atoms with Crippen molar-refractivity contribution in [1.29, 1.82) is 0 Å². The number of nitrogens with two attached hydrogens (primary N) is 2. The van der Waals surface area contributed by atoms with Crippen LogP contribution < -0.4 is 11.5 Å². The van der Waals surface area contributed by atoms with E-state index in [1.165, 1.54) is 25.7 Å². The standard InChI is InChI=1S/C33H54N2O5/c1-6-19(2)24(18-29(37)28(34)11-12-30(35)38)31(39)40-22-13-15-32(4)21(17-22)7-8-23-26-10-9-25(20(3)36)33(26,5)16-14-27(23)32/h19,21-28H,6-18,34H2,1-5H3,(H2,35,38)/t19?,21-,22+,23-,24-,25+,26-,27-,28-,32-,33+/m0/s1. The summed E-state index contributed by atoms with van der Waals surface area (Å²) in [6.45, 7) is 10.7. The fourth-order valence-corrected chi connectivity index (χ4v) is 9.87. The molecule has 1 unspecified atom stereocenters. The van der Waals surface area contributed by atoms with E-state index in [4.69, 9.17) is 16.2 Å². The molecule has 0 aromatic heterocycles. The summed E-state index contributed by atoms with van der Waals surface area (Å²) in [5.74, 6) is 1.75. The second-order valence-electron chi connectivity index (χ2n) is 14.5. The molecule has 0 saturated heterocycles. The Labute approximate surface area is 241 Å². The maximum atomic E-state index is 13.4. The minimum absolute atomic E-state index is 0.00544. The Morgan fingerprint density at radius 3 is 2.27 bits per heavy atom. The number of ketones is 2. The van der Waals surface area contributed by atoms with Gasteiger partial charge in [-0.05, 0) is 112 Å². The Morgan fingerprint density at radius 1 is 0.950 bits per heavy atom. The van der Waals surface area contributed by atoms with Gasteiger partial charge in [-0.15, -0.1) is 0 Å². The van der Waals surface area contributed by atoms with Crippen molar-refractivity contribution >= 4 is 23.4 Å². The highest BCUT2D eigenvalue weighted by atomic mass is 16.5. The van der Waals surface area contributed by atoms with Crippen molar-refractivity contribution in [2.24, 2.45) is 63.7 Å². The number of amides is 1. The minimum atomic E-state index is -0.791. The van der Waals surface area contributed by atoms with E-state index >= 15 is 0 Å². The molecular formula is C33H54N2O5. The van der Waals surface area contributed by atoms with Crippen molar-refractivity contribution in [1.82, 2.24) is 0 Å². The van der Waals surface area contributed by atoms with Gasteiger partial charge >= 0.3 is 5.97 Å². The lowest BCUT2D eigenvalue weighted by atomic mass is 9.44. The molecule has 226 valence electrons. The van der Waals surface area contributed by atoms with Crippen LogP contribution >= 0.6 is 0 Å². The summed E-state index contributed by atoms with van der Waals surface area (Å²) < 4.78 is 6.17. The minimum Gasteiger partial charge on any atom is -0.462 e. The molecule has 7 heteroatoms. The maximum absolute atomic E-state index is 13.4. The Bertz CT molecular complexity index is 982. The first-order chi connectivity index (χ1) is 18.8. The number of primary amides is 1. The van der Waals surface area contributed by atoms with Gasteiger partial charge in [-0.2, -0.15) is 0 Å². The van der Waals surface area contributed by atoms with E-state index in [1.807, 2.05) is 13.8 Å². The topological polar surface area (TPSA) is 130 Å². The van der Waals surface area contributed by atoms with Crippen LogP contribution in [0.2, 0.25) is 0 Å². The molecule has 4 N–H and O–H groups in total. The lowest BCUT2D eigenvalue weighted by Crippen LogP contribution is -2.54. The van der Waals surface area contributed by atoms with Crippen LogP contribution in [0, 0.1) is 52.3 Å². The van der Waals surface area contributed by atoms with E-state index in [-0.39, 0.29) is 59.8 Å². The molecule has 4 aliphatic rings. The van der Waals surface area contributed by atoms with Gasteiger partial charge in [0.2, 0.25) is 5.91 Å². The van der Waals surface area contributed by atoms with Crippen LogP contribution in [0.15, 0.2) is 0 Å². The van der Waals surface area contributed by atoms with Crippen molar-refractivity contribution in [3.8, 4) is 0 Å². The normalized spacial score (nSPS) is 39.1. The predicted molar refractivity (Wildman–Crippen MR) is 155 cm³/mol. The number of esters is 1. The number of rotatable bonds is 11. The Balaban J connectivity index is 1.38. The molecule has 4 rings (SSSR count). The number of carbonyl (C=O) groups excluding carboxylic acids is 4. The number of hydrogen-bond donors (Lipinski definition) is 2. The number of carbonyl (C=O) groups is 4. The van der Waals surface area contributed by atoms with Gasteiger partial charge in [0.25, 0.3) is 0 Å². The monoisotopic (exact) mass is 558 g/mol. The molecule has 0 heterocycles. The van der Waals surface area contributed by atoms with Crippen LogP contribution in [0.25, 0.3) is 0 Å². The van der Waals surface area contributed by atoms with E-state index in [0.717, 1.165) is 38.5 Å². The number of fused-ring (bicyclic) bond motifs is 5. The summed E-state index contributed by atoms with van der Waals surface area (Å²) in [7, 11) is 0. The molecular weight excluding hydrogens is 504 g/mol. The molecule has 7 nitrogen and oxygen atoms in total.